The summed E-state index contributed by atoms with van der Waals surface area (Å²) in [4.78, 5) is 73.7. The van der Waals surface area contributed by atoms with Gasteiger partial charge in [-0.05, 0) is 73.4 Å². The summed E-state index contributed by atoms with van der Waals surface area (Å²) in [6.07, 6.45) is 1.53. The predicted molar refractivity (Wildman–Crippen MR) is 217 cm³/mol. The molecule has 0 radical (unpaired) electrons. The highest BCUT2D eigenvalue weighted by Gasteiger charge is 2.45. The molecule has 3 aromatic carbocycles. The van der Waals surface area contributed by atoms with Crippen LogP contribution in [0.25, 0.3) is 11.3 Å². The fraction of sp³-hybridized carbons (Fsp3) is 0.372. The monoisotopic (exact) mass is 799 g/mol. The van der Waals surface area contributed by atoms with E-state index < -0.39 is 29.7 Å². The van der Waals surface area contributed by atoms with Crippen LogP contribution in [0.5, 0.6) is 11.5 Å². The zero-order valence-corrected chi connectivity index (χ0v) is 32.5. The van der Waals surface area contributed by atoms with Crippen LogP contribution in [0.15, 0.2) is 72.8 Å². The maximum Gasteiger partial charge on any atom is 0.262 e. The first-order valence-corrected chi connectivity index (χ1v) is 20.1. The molecule has 0 unspecified atom stereocenters. The van der Waals surface area contributed by atoms with E-state index in [1.807, 2.05) is 35.2 Å². The van der Waals surface area contributed by atoms with Gasteiger partial charge in [0.15, 0.2) is 5.82 Å². The largest absolute Gasteiger partial charge is 0.507 e. The maximum absolute atomic E-state index is 13.6. The fourth-order valence-electron chi connectivity index (χ4n) is 8.77. The number of nitrogens with zero attached hydrogens (tertiary/aromatic N) is 7. The van der Waals surface area contributed by atoms with Crippen molar-refractivity contribution in [3.63, 3.8) is 0 Å². The topological polar surface area (TPSA) is 195 Å². The lowest BCUT2D eigenvalue weighted by Gasteiger charge is -2.41. The molecule has 16 heteroatoms. The van der Waals surface area contributed by atoms with Gasteiger partial charge in [0.05, 0.1) is 35.6 Å². The second-order valence-corrected chi connectivity index (χ2v) is 15.8. The van der Waals surface area contributed by atoms with E-state index in [2.05, 4.69) is 42.3 Å². The molecule has 4 fully saturated rings. The number of amides is 5. The smallest absolute Gasteiger partial charge is 0.262 e. The number of hydrogen-bond donors (Lipinski definition) is 3. The second-order valence-electron chi connectivity index (χ2n) is 15.8. The lowest BCUT2D eigenvalue weighted by molar-refractivity contribution is -0.138. The Morgan fingerprint density at radius 3 is 2.32 bits per heavy atom. The van der Waals surface area contributed by atoms with E-state index in [1.165, 1.54) is 0 Å². The number of aromatic nitrogens is 2. The van der Waals surface area contributed by atoms with Crippen LogP contribution in [0.3, 0.4) is 0 Å². The third-order valence-electron chi connectivity index (χ3n) is 12.1. The summed E-state index contributed by atoms with van der Waals surface area (Å²) in [6.45, 7) is 6.18. The van der Waals surface area contributed by atoms with Crippen LogP contribution in [0.4, 0.5) is 17.2 Å². The third-order valence-corrected chi connectivity index (χ3v) is 12.1. The van der Waals surface area contributed by atoms with E-state index in [9.17, 15) is 29.1 Å². The van der Waals surface area contributed by atoms with E-state index in [4.69, 9.17) is 10.5 Å². The summed E-state index contributed by atoms with van der Waals surface area (Å²) in [7, 11) is 0. The first-order chi connectivity index (χ1) is 28.6. The van der Waals surface area contributed by atoms with Gasteiger partial charge >= 0.3 is 0 Å². The van der Waals surface area contributed by atoms with Crippen molar-refractivity contribution in [3.8, 4) is 22.8 Å². The normalized spacial score (nSPS) is 20.4. The van der Waals surface area contributed by atoms with Crippen LogP contribution in [-0.4, -0.2) is 124 Å². The number of piperidine rings is 2. The summed E-state index contributed by atoms with van der Waals surface area (Å²) in [6, 6.07) is 21.1. The van der Waals surface area contributed by atoms with E-state index in [0.717, 1.165) is 47.2 Å². The van der Waals surface area contributed by atoms with E-state index in [-0.39, 0.29) is 47.6 Å². The Kier molecular flexibility index (Phi) is 10.1. The molecule has 0 aliphatic carbocycles. The first-order valence-electron chi connectivity index (χ1n) is 20.1. The highest BCUT2D eigenvalue weighted by molar-refractivity contribution is 6.23. The zero-order valence-electron chi connectivity index (χ0n) is 32.5. The van der Waals surface area contributed by atoms with Crippen molar-refractivity contribution in [2.24, 2.45) is 5.92 Å². The van der Waals surface area contributed by atoms with Gasteiger partial charge in [0.25, 0.3) is 11.8 Å². The highest BCUT2D eigenvalue weighted by Crippen LogP contribution is 2.35. The average molecular weight is 800 g/mol. The number of aromatic hydroxyl groups is 1. The van der Waals surface area contributed by atoms with Gasteiger partial charge in [0.2, 0.25) is 17.7 Å². The van der Waals surface area contributed by atoms with E-state index >= 15 is 0 Å². The molecule has 9 rings (SSSR count). The number of ether oxygens (including phenoxy) is 1. The number of hydrogen-bond acceptors (Lipinski definition) is 13. The van der Waals surface area contributed by atoms with Crippen molar-refractivity contribution >= 4 is 46.7 Å². The number of phenols is 1. The van der Waals surface area contributed by atoms with Crippen molar-refractivity contribution in [2.45, 2.75) is 44.4 Å². The number of nitrogens with one attached hydrogen (secondary N) is 1. The standard InChI is InChI=1S/C43H45N9O7/c44-39-36(22-34(46-47-39)32-6-1-2-7-37(32)53)51-24-30(25-51)59-29-5-3-4-26(20-29)23-48-16-18-50(19-17-48)41(56)27-12-14-49(15-13-27)28-8-9-31-33(21-28)43(58)52(42(31)57)35-10-11-38(54)45-40(35)55/h1-9,20-22,27,30,35,53H,10-19,23-25H2,(H2,44,47)(H,45,54,55)/t35-/m1/s1. The van der Waals surface area contributed by atoms with Crippen molar-refractivity contribution in [1.82, 2.24) is 30.2 Å². The lowest BCUT2D eigenvalue weighted by atomic mass is 9.94. The molecule has 1 atom stereocenters. The number of rotatable bonds is 9. The molecule has 4 N–H and O–H groups in total. The van der Waals surface area contributed by atoms with Gasteiger partial charge in [-0.1, -0.05) is 24.3 Å². The quantitative estimate of drug-likeness (QED) is 0.210. The Morgan fingerprint density at radius 2 is 1.56 bits per heavy atom. The lowest BCUT2D eigenvalue weighted by Crippen LogP contribution is -2.54. The third kappa shape index (κ3) is 7.51. The van der Waals surface area contributed by atoms with Crippen LogP contribution in [-0.2, 0) is 20.9 Å². The molecule has 304 valence electrons. The Hall–Kier alpha value is -6.55. The van der Waals surface area contributed by atoms with Gasteiger partial charge in [-0.2, -0.15) is 0 Å². The molecule has 4 aromatic rings. The second kappa shape index (κ2) is 15.7. The predicted octanol–water partition coefficient (Wildman–Crippen LogP) is 2.66. The Labute approximate surface area is 340 Å². The number of para-hydroxylation sites is 1. The molecule has 0 spiro atoms. The fourth-order valence-corrected chi connectivity index (χ4v) is 8.77. The van der Waals surface area contributed by atoms with Crippen LogP contribution < -0.4 is 25.6 Å². The minimum atomic E-state index is -1.00. The van der Waals surface area contributed by atoms with Gasteiger partial charge in [0, 0.05) is 69.4 Å². The molecule has 4 saturated heterocycles. The van der Waals surface area contributed by atoms with Gasteiger partial charge in [-0.3, -0.25) is 39.1 Å². The Morgan fingerprint density at radius 1 is 0.797 bits per heavy atom. The Bertz CT molecular complexity index is 2330. The number of carbonyl (C=O) groups excluding carboxylic acids is 5. The number of nitrogens with two attached hydrogens (primary N) is 1. The van der Waals surface area contributed by atoms with Gasteiger partial charge in [-0.25, -0.2) is 0 Å². The summed E-state index contributed by atoms with van der Waals surface area (Å²) >= 11 is 0. The number of piperazine rings is 1. The number of phenolic OH excluding ortho intramolecular Hbond substituents is 1. The summed E-state index contributed by atoms with van der Waals surface area (Å²) in [5.41, 5.74) is 10.5. The summed E-state index contributed by atoms with van der Waals surface area (Å²) < 4.78 is 6.33. The number of fused-ring (bicyclic) bond motifs is 1. The van der Waals surface area contributed by atoms with E-state index in [0.29, 0.717) is 69.2 Å². The van der Waals surface area contributed by atoms with Crippen LogP contribution in [0.2, 0.25) is 0 Å². The van der Waals surface area contributed by atoms with Crippen LogP contribution in [0, 0.1) is 5.92 Å². The number of carbonyl (C=O) groups is 5. The van der Waals surface area contributed by atoms with Gasteiger partial charge < -0.3 is 30.3 Å². The molecule has 1 aromatic heterocycles. The number of benzene rings is 3. The highest BCUT2D eigenvalue weighted by atomic mass is 16.5. The van der Waals surface area contributed by atoms with Crippen molar-refractivity contribution in [2.75, 3.05) is 67.9 Å². The maximum atomic E-state index is 13.6. The molecule has 5 aliphatic heterocycles. The van der Waals surface area contributed by atoms with Crippen molar-refractivity contribution in [1.29, 1.82) is 0 Å². The van der Waals surface area contributed by atoms with Crippen LogP contribution >= 0.6 is 0 Å². The minimum Gasteiger partial charge on any atom is -0.507 e. The minimum absolute atomic E-state index is 0.0195. The summed E-state index contributed by atoms with van der Waals surface area (Å²) in [5, 5.41) is 20.8. The molecule has 59 heavy (non-hydrogen) atoms. The molecule has 5 amide bonds. The molecule has 0 saturated carbocycles. The van der Waals surface area contributed by atoms with Crippen LogP contribution in [0.1, 0.15) is 52.0 Å². The Balaban J connectivity index is 0.729. The average Bonchev–Trinajstić information content (AvgIpc) is 3.47. The molecule has 5 aliphatic rings. The first kappa shape index (κ1) is 38.0. The molecule has 16 nitrogen and oxygen atoms in total. The molecule has 6 heterocycles. The SMILES string of the molecule is Nc1nnc(-c2ccccc2O)cc1N1CC(Oc2cccc(CN3CCN(C(=O)C4CCN(c5ccc6c(c5)C(=O)N([C@@H]5CCC(=O)NC5=O)C6=O)CC4)CC3)c2)C1. The molecule has 0 bridgehead atoms. The molecular formula is C43H45N9O7. The van der Waals surface area contributed by atoms with Gasteiger partial charge in [0.1, 0.15) is 23.6 Å². The number of anilines is 3. The van der Waals surface area contributed by atoms with Crippen molar-refractivity contribution in [3.05, 3.63) is 89.5 Å². The van der Waals surface area contributed by atoms with Crippen molar-refractivity contribution < 1.29 is 33.8 Å². The number of imide groups is 2. The zero-order chi connectivity index (χ0) is 40.8. The van der Waals surface area contributed by atoms with E-state index in [1.54, 1.807) is 30.3 Å². The number of nitrogen functional groups attached to an aromatic ring is 1. The summed E-state index contributed by atoms with van der Waals surface area (Å²) in [5.74, 6) is -0.734. The van der Waals surface area contributed by atoms with Gasteiger partial charge in [-0.15, -0.1) is 10.2 Å². The molecular weight excluding hydrogens is 755 g/mol.